The van der Waals surface area contributed by atoms with Gasteiger partial charge in [-0.3, -0.25) is 4.79 Å². The van der Waals surface area contributed by atoms with Gasteiger partial charge in [0.2, 0.25) is 0 Å². The molecular weight excluding hydrogens is 264 g/mol. The summed E-state index contributed by atoms with van der Waals surface area (Å²) in [5, 5.41) is 5.99. The highest BCUT2D eigenvalue weighted by Crippen LogP contribution is 2.28. The van der Waals surface area contributed by atoms with Crippen molar-refractivity contribution in [1.29, 1.82) is 0 Å². The van der Waals surface area contributed by atoms with Crippen LogP contribution in [-0.2, 0) is 19.7 Å². The Morgan fingerprint density at radius 2 is 2.16 bits per heavy atom. The zero-order chi connectivity index (χ0) is 14.3. The van der Waals surface area contributed by atoms with Gasteiger partial charge in [-0.2, -0.15) is 0 Å². The third-order valence-corrected chi connectivity index (χ3v) is 3.69. The van der Waals surface area contributed by atoms with Gasteiger partial charge in [-0.1, -0.05) is 0 Å². The summed E-state index contributed by atoms with van der Waals surface area (Å²) in [4.78, 5) is 16.1. The molecule has 0 saturated heterocycles. The highest BCUT2D eigenvalue weighted by Gasteiger charge is 2.33. The van der Waals surface area contributed by atoms with Gasteiger partial charge in [-0.05, 0) is 26.7 Å². The lowest BCUT2D eigenvalue weighted by molar-refractivity contribution is -0.146. The number of nitrogens with one attached hydrogen (secondary N) is 1. The van der Waals surface area contributed by atoms with E-state index >= 15 is 0 Å². The van der Waals surface area contributed by atoms with E-state index in [1.807, 2.05) is 19.2 Å². The number of hydrogen-bond donors (Lipinski definition) is 1. The van der Waals surface area contributed by atoms with E-state index in [1.165, 1.54) is 18.4 Å². The van der Waals surface area contributed by atoms with Gasteiger partial charge in [-0.25, -0.2) is 4.98 Å². The van der Waals surface area contributed by atoms with Crippen LogP contribution in [0.15, 0.2) is 5.38 Å². The molecule has 0 bridgehead atoms. The van der Waals surface area contributed by atoms with Crippen molar-refractivity contribution in [2.24, 2.45) is 0 Å². The van der Waals surface area contributed by atoms with Crippen molar-refractivity contribution in [3.05, 3.63) is 11.1 Å². The van der Waals surface area contributed by atoms with Crippen LogP contribution < -0.4 is 5.32 Å². The van der Waals surface area contributed by atoms with Gasteiger partial charge in [0.05, 0.1) is 12.8 Å². The van der Waals surface area contributed by atoms with Crippen LogP contribution in [0.4, 0.5) is 5.13 Å². The fourth-order valence-electron chi connectivity index (χ4n) is 1.57. The topological polar surface area (TPSA) is 60.5 Å². The number of esters is 1. The van der Waals surface area contributed by atoms with Crippen LogP contribution in [0.1, 0.15) is 32.4 Å². The Hall–Kier alpha value is -1.14. The molecule has 0 aliphatic heterocycles. The van der Waals surface area contributed by atoms with Crippen LogP contribution in [0.5, 0.6) is 0 Å². The average molecular weight is 286 g/mol. The van der Waals surface area contributed by atoms with E-state index in [2.05, 4.69) is 10.3 Å². The third-order valence-electron chi connectivity index (χ3n) is 2.89. The highest BCUT2D eigenvalue weighted by molar-refractivity contribution is 7.13. The summed E-state index contributed by atoms with van der Waals surface area (Å²) >= 11 is 1.51. The molecule has 1 aromatic heterocycles. The van der Waals surface area contributed by atoms with Gasteiger partial charge in [0, 0.05) is 25.6 Å². The lowest BCUT2D eigenvalue weighted by Gasteiger charge is -2.18. The zero-order valence-corrected chi connectivity index (χ0v) is 12.8. The van der Waals surface area contributed by atoms with Crippen LogP contribution in [0, 0.1) is 0 Å². The zero-order valence-electron chi connectivity index (χ0n) is 12.0. The van der Waals surface area contributed by atoms with Crippen LogP contribution in [0.25, 0.3) is 0 Å². The molecule has 0 aliphatic rings. The van der Waals surface area contributed by atoms with Gasteiger partial charge in [0.15, 0.2) is 5.13 Å². The van der Waals surface area contributed by atoms with Crippen molar-refractivity contribution in [2.75, 3.05) is 32.7 Å². The molecule has 108 valence electrons. The van der Waals surface area contributed by atoms with Crippen LogP contribution in [-0.4, -0.2) is 38.3 Å². The first-order valence-electron chi connectivity index (χ1n) is 6.29. The number of anilines is 1. The Morgan fingerprint density at radius 1 is 1.42 bits per heavy atom. The van der Waals surface area contributed by atoms with E-state index in [0.29, 0.717) is 0 Å². The Bertz CT molecular complexity index is 404. The molecule has 1 rings (SSSR count). The number of ether oxygens (including phenoxy) is 2. The SMILES string of the molecule is COCCCCNc1nc(C(C)(C)C(=O)OC)cs1. The smallest absolute Gasteiger partial charge is 0.317 e. The maximum absolute atomic E-state index is 11.7. The fourth-order valence-corrected chi connectivity index (χ4v) is 2.48. The summed E-state index contributed by atoms with van der Waals surface area (Å²) in [6, 6.07) is 0. The molecule has 0 spiro atoms. The van der Waals surface area contributed by atoms with Crippen molar-refractivity contribution in [3.63, 3.8) is 0 Å². The maximum atomic E-state index is 11.7. The van der Waals surface area contributed by atoms with Crippen molar-refractivity contribution in [2.45, 2.75) is 32.1 Å². The van der Waals surface area contributed by atoms with Gasteiger partial charge in [0.1, 0.15) is 5.41 Å². The van der Waals surface area contributed by atoms with Crippen LogP contribution in [0.3, 0.4) is 0 Å². The fraction of sp³-hybridized carbons (Fsp3) is 0.692. The molecule has 0 atom stereocenters. The summed E-state index contributed by atoms with van der Waals surface area (Å²) in [7, 11) is 3.10. The predicted molar refractivity (Wildman–Crippen MR) is 76.8 cm³/mol. The molecule has 0 fully saturated rings. The van der Waals surface area contributed by atoms with E-state index in [4.69, 9.17) is 9.47 Å². The van der Waals surface area contributed by atoms with Crippen molar-refractivity contribution in [3.8, 4) is 0 Å². The van der Waals surface area contributed by atoms with Crippen LogP contribution in [0.2, 0.25) is 0 Å². The second-order valence-corrected chi connectivity index (χ2v) is 5.64. The summed E-state index contributed by atoms with van der Waals surface area (Å²) in [6.07, 6.45) is 2.05. The summed E-state index contributed by atoms with van der Waals surface area (Å²) < 4.78 is 9.78. The Balaban J connectivity index is 2.50. The first-order chi connectivity index (χ1) is 9.02. The molecule has 1 heterocycles. The molecule has 5 nitrogen and oxygen atoms in total. The Morgan fingerprint density at radius 3 is 2.79 bits per heavy atom. The molecule has 0 aromatic carbocycles. The van der Waals surface area contributed by atoms with Gasteiger partial charge in [0.25, 0.3) is 0 Å². The minimum Gasteiger partial charge on any atom is -0.468 e. The van der Waals surface area contributed by atoms with E-state index in [1.54, 1.807) is 7.11 Å². The normalized spacial score (nSPS) is 11.4. The van der Waals surface area contributed by atoms with Crippen molar-refractivity contribution in [1.82, 2.24) is 4.98 Å². The number of aromatic nitrogens is 1. The lowest BCUT2D eigenvalue weighted by Crippen LogP contribution is -2.30. The number of hydrogen-bond acceptors (Lipinski definition) is 6. The molecule has 6 heteroatoms. The molecule has 0 radical (unpaired) electrons. The minimum absolute atomic E-state index is 0.274. The van der Waals surface area contributed by atoms with E-state index in [0.717, 1.165) is 36.8 Å². The Labute approximate surface area is 118 Å². The quantitative estimate of drug-likeness (QED) is 0.587. The summed E-state index contributed by atoms with van der Waals surface area (Å²) in [5.74, 6) is -0.274. The first kappa shape index (κ1) is 15.9. The molecule has 1 aromatic rings. The van der Waals surface area contributed by atoms with Gasteiger partial charge in [-0.15, -0.1) is 11.3 Å². The number of unbranched alkanes of at least 4 members (excludes halogenated alkanes) is 1. The van der Waals surface area contributed by atoms with Crippen LogP contribution >= 0.6 is 11.3 Å². The number of nitrogens with zero attached hydrogens (tertiary/aromatic N) is 1. The highest BCUT2D eigenvalue weighted by atomic mass is 32.1. The monoisotopic (exact) mass is 286 g/mol. The largest absolute Gasteiger partial charge is 0.468 e. The molecule has 0 amide bonds. The second kappa shape index (κ2) is 7.45. The van der Waals surface area contributed by atoms with E-state index < -0.39 is 5.41 Å². The molecule has 1 N–H and O–H groups in total. The number of rotatable bonds is 8. The first-order valence-corrected chi connectivity index (χ1v) is 7.17. The van der Waals surface area contributed by atoms with Gasteiger partial charge >= 0.3 is 5.97 Å². The molecular formula is C13H22N2O3S. The van der Waals surface area contributed by atoms with E-state index in [-0.39, 0.29) is 5.97 Å². The summed E-state index contributed by atoms with van der Waals surface area (Å²) in [6.45, 7) is 5.27. The lowest BCUT2D eigenvalue weighted by atomic mass is 9.90. The molecule has 0 saturated carbocycles. The molecule has 0 unspecified atom stereocenters. The van der Waals surface area contributed by atoms with Gasteiger partial charge < -0.3 is 14.8 Å². The molecule has 0 aliphatic carbocycles. The van der Waals surface area contributed by atoms with E-state index in [9.17, 15) is 4.79 Å². The average Bonchev–Trinajstić information content (AvgIpc) is 2.87. The predicted octanol–water partition coefficient (Wildman–Crippen LogP) is 2.43. The molecule has 19 heavy (non-hydrogen) atoms. The number of methoxy groups -OCH3 is 2. The minimum atomic E-state index is -0.707. The maximum Gasteiger partial charge on any atom is 0.317 e. The number of thiazole rings is 1. The Kier molecular flexibility index (Phi) is 6.24. The third kappa shape index (κ3) is 4.47. The number of carbonyl (C=O) groups excluding carboxylic acids is 1. The standard InChI is InChI=1S/C13H22N2O3S/c1-13(2,11(16)18-4)10-9-19-12(15-10)14-7-5-6-8-17-3/h9H,5-8H2,1-4H3,(H,14,15). The summed E-state index contributed by atoms with van der Waals surface area (Å²) in [5.41, 5.74) is 0.0325. The number of carbonyl (C=O) groups is 1. The second-order valence-electron chi connectivity index (χ2n) is 4.78. The van der Waals surface area contributed by atoms with Crippen molar-refractivity contribution < 1.29 is 14.3 Å². The van der Waals surface area contributed by atoms with Crippen molar-refractivity contribution >= 4 is 22.4 Å².